The van der Waals surface area contributed by atoms with Gasteiger partial charge in [-0.3, -0.25) is 9.59 Å². The summed E-state index contributed by atoms with van der Waals surface area (Å²) in [5.41, 5.74) is 8.61. The van der Waals surface area contributed by atoms with Crippen LogP contribution in [-0.4, -0.2) is 67.9 Å². The van der Waals surface area contributed by atoms with Crippen LogP contribution in [0, 0.1) is 76.1 Å². The molecule has 2 aromatic rings. The van der Waals surface area contributed by atoms with Gasteiger partial charge in [0.05, 0.1) is 11.2 Å². The van der Waals surface area contributed by atoms with E-state index in [9.17, 15) is 44.7 Å². The van der Waals surface area contributed by atoms with Crippen molar-refractivity contribution >= 4 is 40.8 Å². The van der Waals surface area contributed by atoms with E-state index >= 15 is 0 Å². The number of halogens is 8. The van der Waals surface area contributed by atoms with Crippen LogP contribution in [0.3, 0.4) is 0 Å². The van der Waals surface area contributed by atoms with Crippen LogP contribution < -0.4 is 10.6 Å². The summed E-state index contributed by atoms with van der Waals surface area (Å²) in [5.74, 6) is -20.4. The van der Waals surface area contributed by atoms with Crippen molar-refractivity contribution in [2.75, 3.05) is 27.3 Å². The maximum atomic E-state index is 14.8. The quantitative estimate of drug-likeness (QED) is 0.0250. The Balaban J connectivity index is 2.09. The van der Waals surface area contributed by atoms with E-state index in [-0.39, 0.29) is 61.7 Å². The third kappa shape index (κ3) is 11.1. The predicted octanol–water partition coefficient (Wildman–Crippen LogP) is 11.4. The van der Waals surface area contributed by atoms with Crippen LogP contribution in [-0.2, 0) is 21.8 Å². The molecule has 8 atom stereocenters. The Morgan fingerprint density at radius 2 is 0.969 bits per heavy atom. The number of carbonyl (C=O) groups excluding carboxylic acids is 2. The second kappa shape index (κ2) is 22.4. The van der Waals surface area contributed by atoms with Crippen LogP contribution in [0.15, 0.2) is 10.2 Å². The van der Waals surface area contributed by atoms with Crippen LogP contribution in [0.1, 0.15) is 109 Å². The highest BCUT2D eigenvalue weighted by Gasteiger charge is 2.65. The Labute approximate surface area is 374 Å². The van der Waals surface area contributed by atoms with Crippen molar-refractivity contribution in [3.63, 3.8) is 0 Å². The zero-order valence-electron chi connectivity index (χ0n) is 38.1. The first-order chi connectivity index (χ1) is 30.4. The van der Waals surface area contributed by atoms with E-state index in [2.05, 4.69) is 44.5 Å². The minimum Gasteiger partial charge on any atom is -0.377 e. The second-order valence-electron chi connectivity index (χ2n) is 16.6. The highest BCUT2D eigenvalue weighted by Crippen LogP contribution is 2.52. The fourth-order valence-corrected chi connectivity index (χ4v) is 16.0. The van der Waals surface area contributed by atoms with Crippen LogP contribution >= 0.6 is 0 Å². The van der Waals surface area contributed by atoms with Crippen LogP contribution in [0.2, 0.25) is 12.1 Å². The van der Waals surface area contributed by atoms with Gasteiger partial charge in [0.2, 0.25) is 0 Å². The van der Waals surface area contributed by atoms with E-state index in [1.807, 2.05) is 48.5 Å². The molecule has 25 heteroatoms. The Kier molecular flexibility index (Phi) is 19.0. The first-order valence-electron chi connectivity index (χ1n) is 21.0. The zero-order valence-corrected chi connectivity index (χ0v) is 40.1. The van der Waals surface area contributed by atoms with Crippen LogP contribution in [0.25, 0.3) is 20.9 Å². The molecule has 1 heterocycles. The fraction of sp³-hybridized carbons (Fsp3) is 0.650. The van der Waals surface area contributed by atoms with Gasteiger partial charge in [-0.1, -0.05) is 71.5 Å². The van der Waals surface area contributed by atoms with Crippen molar-refractivity contribution in [3.05, 3.63) is 78.6 Å². The molecule has 3 rings (SSSR count). The summed E-state index contributed by atoms with van der Waals surface area (Å²) in [5, 5.41) is 9.72. The number of hydrogen-bond donors (Lipinski definition) is 2. The number of rotatable bonds is 20. The Morgan fingerprint density at radius 3 is 1.23 bits per heavy atom. The molecule has 1 fully saturated rings. The average Bonchev–Trinajstić information content (AvgIpc) is 3.28. The standard InChI is InChI=1S/C40H56F8N8O7Si2/c1-12-20(3)22(5)39(8)24(7)40(9,23(6)21(4)13-2)62-65(60-11,19-15-17-52-38(58)26-29(43)33(47)36(54-56-50)34(48)30(26)44)63-64(59-10,61-39)18-14-16-51-37(57)25-27(41)31(45)35(53-55-49)32(46)28(25)42/h20-24H,12-19H2,1-11H3,(H,51,57)(H,52,58). The lowest BCUT2D eigenvalue weighted by Crippen LogP contribution is -2.71. The first kappa shape index (κ1) is 55.0. The number of azide groups is 2. The van der Waals surface area contributed by atoms with E-state index in [0.29, 0.717) is 0 Å². The number of benzene rings is 2. The number of nitrogens with one attached hydrogen (secondary N) is 2. The van der Waals surface area contributed by atoms with Crippen molar-refractivity contribution in [3.8, 4) is 0 Å². The van der Waals surface area contributed by atoms with Gasteiger partial charge in [0, 0.05) is 55.1 Å². The normalized spacial score (nSPS) is 25.2. The average molecular weight is 969 g/mol. The smallest absolute Gasteiger partial charge is 0.377 e. The first-order valence-corrected chi connectivity index (χ1v) is 24.8. The van der Waals surface area contributed by atoms with Gasteiger partial charge in [0.1, 0.15) is 22.5 Å². The van der Waals surface area contributed by atoms with Crippen LogP contribution in [0.4, 0.5) is 46.5 Å². The third-order valence-corrected chi connectivity index (χ3v) is 20.5. The molecule has 0 spiro atoms. The van der Waals surface area contributed by atoms with E-state index in [4.69, 9.17) is 32.9 Å². The molecular weight excluding hydrogens is 913 g/mol. The van der Waals surface area contributed by atoms with E-state index in [0.717, 1.165) is 12.8 Å². The van der Waals surface area contributed by atoms with Gasteiger partial charge in [0.15, 0.2) is 46.5 Å². The van der Waals surface area contributed by atoms with Crippen molar-refractivity contribution in [1.82, 2.24) is 10.6 Å². The second-order valence-corrected chi connectivity index (χ2v) is 22.3. The van der Waals surface area contributed by atoms with Gasteiger partial charge in [-0.25, -0.2) is 35.1 Å². The maximum Gasteiger partial charge on any atom is 0.493 e. The molecule has 0 aromatic heterocycles. The van der Waals surface area contributed by atoms with Crippen molar-refractivity contribution < 1.29 is 66.5 Å². The molecule has 2 N–H and O–H groups in total. The molecule has 0 aliphatic carbocycles. The van der Waals surface area contributed by atoms with Crippen molar-refractivity contribution in [2.24, 2.45) is 39.8 Å². The van der Waals surface area contributed by atoms with E-state index in [1.165, 1.54) is 14.2 Å². The summed E-state index contributed by atoms with van der Waals surface area (Å²) >= 11 is 0. The number of carbonyl (C=O) groups is 2. The van der Waals surface area contributed by atoms with Gasteiger partial charge < -0.3 is 32.5 Å². The summed E-state index contributed by atoms with van der Waals surface area (Å²) in [4.78, 5) is 30.3. The molecule has 2 amide bonds. The predicted molar refractivity (Wildman–Crippen MR) is 226 cm³/mol. The summed E-state index contributed by atoms with van der Waals surface area (Å²) in [6, 6.07) is -0.222. The zero-order chi connectivity index (χ0) is 49.4. The molecule has 0 radical (unpaired) electrons. The van der Waals surface area contributed by atoms with E-state index in [1.54, 1.807) is 0 Å². The lowest BCUT2D eigenvalue weighted by molar-refractivity contribution is -0.188. The summed E-state index contributed by atoms with van der Waals surface area (Å²) in [7, 11) is -5.67. The monoisotopic (exact) mass is 968 g/mol. The Bertz CT molecular complexity index is 1990. The van der Waals surface area contributed by atoms with Gasteiger partial charge in [-0.05, 0) is 61.4 Å². The van der Waals surface area contributed by atoms with Gasteiger partial charge in [-0.15, -0.1) is 0 Å². The molecule has 65 heavy (non-hydrogen) atoms. The molecule has 0 bridgehead atoms. The number of amides is 2. The number of nitrogens with zero attached hydrogens (tertiary/aromatic N) is 6. The summed E-state index contributed by atoms with van der Waals surface area (Å²) < 4.78 is 151. The molecular formula is C40H56F8N8O7Si2. The molecule has 0 saturated carbocycles. The minimum absolute atomic E-state index is 0.0728. The molecule has 2 aromatic carbocycles. The summed E-state index contributed by atoms with van der Waals surface area (Å²) in [6.07, 6.45) is 1.36. The van der Waals surface area contributed by atoms with Gasteiger partial charge in [-0.2, -0.15) is 0 Å². The fourth-order valence-electron chi connectivity index (χ4n) is 8.18. The molecule has 1 saturated heterocycles. The largest absolute Gasteiger partial charge is 0.493 e. The van der Waals surface area contributed by atoms with Gasteiger partial charge in [0.25, 0.3) is 11.8 Å². The SMILES string of the molecule is CCC(C)C(C)C1(C)O[Si](CCCNC(=O)c2c(F)c(F)c(N=[N+]=[N-])c(F)c2F)(OC)O[Si](CCCNC(=O)c2c(F)c(F)c(N=[N+]=[N-])c(F)c2F)(OC)OC(C)(C(C)C(C)CC)C1C. The highest BCUT2D eigenvalue weighted by molar-refractivity contribution is 6.75. The molecule has 362 valence electrons. The Hall–Kier alpha value is -4.33. The van der Waals surface area contributed by atoms with Crippen molar-refractivity contribution in [2.45, 2.75) is 111 Å². The van der Waals surface area contributed by atoms with Gasteiger partial charge >= 0.3 is 17.6 Å². The topological polar surface area (TPSA) is 202 Å². The number of hydrogen-bond acceptors (Lipinski definition) is 9. The lowest BCUT2D eigenvalue weighted by Gasteiger charge is -2.59. The minimum atomic E-state index is -4.17. The molecule has 15 nitrogen and oxygen atoms in total. The highest BCUT2D eigenvalue weighted by atomic mass is 28.5. The molecule has 1 aliphatic heterocycles. The third-order valence-electron chi connectivity index (χ3n) is 13.3. The molecule has 1 aliphatic rings. The van der Waals surface area contributed by atoms with E-state index < -0.39 is 116 Å². The van der Waals surface area contributed by atoms with Crippen LogP contribution in [0.5, 0.6) is 0 Å². The summed E-state index contributed by atoms with van der Waals surface area (Å²) in [6.45, 7) is 17.3. The molecule has 8 unspecified atom stereocenters. The Morgan fingerprint density at radius 1 is 0.662 bits per heavy atom. The lowest BCUT2D eigenvalue weighted by atomic mass is 9.63. The van der Waals surface area contributed by atoms with Crippen molar-refractivity contribution in [1.29, 1.82) is 0 Å². The maximum absolute atomic E-state index is 14.8.